The Morgan fingerprint density at radius 1 is 1.61 bits per heavy atom. The van der Waals surface area contributed by atoms with Gasteiger partial charge in [0.2, 0.25) is 5.91 Å². The van der Waals surface area contributed by atoms with Crippen LogP contribution in [0.4, 0.5) is 0 Å². The zero-order chi connectivity index (χ0) is 13.0. The lowest BCUT2D eigenvalue weighted by atomic mass is 9.81. The molecule has 4 heteroatoms. The van der Waals surface area contributed by atoms with Gasteiger partial charge >= 0.3 is 0 Å². The zero-order valence-corrected chi connectivity index (χ0v) is 11.6. The van der Waals surface area contributed by atoms with Crippen molar-refractivity contribution >= 4 is 5.91 Å². The minimum Gasteiger partial charge on any atom is -0.376 e. The molecule has 0 radical (unpaired) electrons. The first-order chi connectivity index (χ1) is 8.68. The van der Waals surface area contributed by atoms with E-state index in [1.165, 1.54) is 0 Å². The third kappa shape index (κ3) is 2.86. The van der Waals surface area contributed by atoms with Gasteiger partial charge in [-0.05, 0) is 39.2 Å². The van der Waals surface area contributed by atoms with Crippen LogP contribution in [0.3, 0.4) is 0 Å². The minimum atomic E-state index is -0.179. The number of carbonyl (C=O) groups excluding carboxylic acids is 1. The van der Waals surface area contributed by atoms with E-state index in [0.29, 0.717) is 0 Å². The van der Waals surface area contributed by atoms with E-state index < -0.39 is 0 Å². The summed E-state index contributed by atoms with van der Waals surface area (Å²) in [6.07, 6.45) is 5.40. The molecule has 2 aliphatic heterocycles. The Hall–Kier alpha value is -0.610. The molecule has 4 nitrogen and oxygen atoms in total. The standard InChI is InChI=1S/C14H26N2O2/c1-3-6-14(7-8-15-10-14)13(17)16-11(2)12-5-4-9-18-12/h11-12,15H,3-10H2,1-2H3,(H,16,17). The molecule has 3 unspecified atom stereocenters. The van der Waals surface area contributed by atoms with Crippen molar-refractivity contribution in [1.82, 2.24) is 10.6 Å². The Labute approximate surface area is 110 Å². The van der Waals surface area contributed by atoms with E-state index in [4.69, 9.17) is 4.74 Å². The fourth-order valence-corrected chi connectivity index (χ4v) is 3.19. The molecule has 18 heavy (non-hydrogen) atoms. The monoisotopic (exact) mass is 254 g/mol. The van der Waals surface area contributed by atoms with Gasteiger partial charge in [0.1, 0.15) is 0 Å². The van der Waals surface area contributed by atoms with Crippen LogP contribution in [0.15, 0.2) is 0 Å². The van der Waals surface area contributed by atoms with Gasteiger partial charge in [0.25, 0.3) is 0 Å². The molecule has 104 valence electrons. The van der Waals surface area contributed by atoms with E-state index in [0.717, 1.165) is 51.8 Å². The molecular weight excluding hydrogens is 228 g/mol. The fraction of sp³-hybridized carbons (Fsp3) is 0.929. The number of hydrogen-bond acceptors (Lipinski definition) is 3. The fourth-order valence-electron chi connectivity index (χ4n) is 3.19. The number of hydrogen-bond donors (Lipinski definition) is 2. The minimum absolute atomic E-state index is 0.134. The summed E-state index contributed by atoms with van der Waals surface area (Å²) in [7, 11) is 0. The predicted molar refractivity (Wildman–Crippen MR) is 71.4 cm³/mol. The van der Waals surface area contributed by atoms with Crippen molar-refractivity contribution in [2.24, 2.45) is 5.41 Å². The molecule has 0 saturated carbocycles. The molecule has 0 spiro atoms. The van der Waals surface area contributed by atoms with Crippen LogP contribution in [0.5, 0.6) is 0 Å². The summed E-state index contributed by atoms with van der Waals surface area (Å²) in [5.74, 6) is 0.220. The normalized spacial score (nSPS) is 33.6. The van der Waals surface area contributed by atoms with Gasteiger partial charge in [-0.15, -0.1) is 0 Å². The molecule has 0 aromatic heterocycles. The summed E-state index contributed by atoms with van der Waals surface area (Å²) in [5.41, 5.74) is -0.179. The van der Waals surface area contributed by atoms with E-state index in [-0.39, 0.29) is 23.5 Å². The summed E-state index contributed by atoms with van der Waals surface area (Å²) in [5, 5.41) is 6.52. The Morgan fingerprint density at radius 2 is 2.44 bits per heavy atom. The van der Waals surface area contributed by atoms with Crippen molar-refractivity contribution in [3.8, 4) is 0 Å². The van der Waals surface area contributed by atoms with E-state index in [1.54, 1.807) is 0 Å². The van der Waals surface area contributed by atoms with Crippen molar-refractivity contribution in [2.45, 2.75) is 58.1 Å². The molecule has 0 aromatic carbocycles. The van der Waals surface area contributed by atoms with E-state index in [2.05, 4.69) is 24.5 Å². The van der Waals surface area contributed by atoms with Gasteiger partial charge in [-0.3, -0.25) is 4.79 Å². The number of rotatable bonds is 5. The highest BCUT2D eigenvalue weighted by molar-refractivity contribution is 5.83. The van der Waals surface area contributed by atoms with Crippen LogP contribution in [0.1, 0.15) is 46.0 Å². The topological polar surface area (TPSA) is 50.4 Å². The first-order valence-corrected chi connectivity index (χ1v) is 7.31. The van der Waals surface area contributed by atoms with Crippen LogP contribution in [-0.2, 0) is 9.53 Å². The van der Waals surface area contributed by atoms with Crippen LogP contribution in [0.2, 0.25) is 0 Å². The summed E-state index contributed by atoms with van der Waals surface area (Å²) in [6, 6.07) is 0.134. The third-order valence-electron chi connectivity index (χ3n) is 4.34. The second-order valence-electron chi connectivity index (χ2n) is 5.77. The van der Waals surface area contributed by atoms with E-state index >= 15 is 0 Å². The summed E-state index contributed by atoms with van der Waals surface area (Å²) >= 11 is 0. The third-order valence-corrected chi connectivity index (χ3v) is 4.34. The molecule has 0 aliphatic carbocycles. The molecule has 0 aromatic rings. The van der Waals surface area contributed by atoms with Gasteiger partial charge < -0.3 is 15.4 Å². The molecule has 3 atom stereocenters. The summed E-state index contributed by atoms with van der Waals surface area (Å²) in [6.45, 7) is 6.84. The van der Waals surface area contributed by atoms with Gasteiger partial charge in [-0.25, -0.2) is 0 Å². The number of carbonyl (C=O) groups is 1. The lowest BCUT2D eigenvalue weighted by molar-refractivity contribution is -0.132. The largest absolute Gasteiger partial charge is 0.376 e. The number of ether oxygens (including phenoxy) is 1. The molecule has 0 bridgehead atoms. The summed E-state index contributed by atoms with van der Waals surface area (Å²) in [4.78, 5) is 12.5. The second kappa shape index (κ2) is 6.02. The van der Waals surface area contributed by atoms with Crippen LogP contribution in [0, 0.1) is 5.41 Å². The highest BCUT2D eigenvalue weighted by atomic mass is 16.5. The van der Waals surface area contributed by atoms with Crippen molar-refractivity contribution in [3.05, 3.63) is 0 Å². The first-order valence-electron chi connectivity index (χ1n) is 7.31. The molecule has 2 aliphatic rings. The van der Waals surface area contributed by atoms with Crippen molar-refractivity contribution in [2.75, 3.05) is 19.7 Å². The predicted octanol–water partition coefficient (Wildman–Crippen LogP) is 1.45. The van der Waals surface area contributed by atoms with Gasteiger partial charge in [0.05, 0.1) is 17.6 Å². The van der Waals surface area contributed by atoms with Gasteiger partial charge in [0.15, 0.2) is 0 Å². The van der Waals surface area contributed by atoms with Crippen molar-refractivity contribution in [3.63, 3.8) is 0 Å². The Balaban J connectivity index is 1.92. The highest BCUT2D eigenvalue weighted by Crippen LogP contribution is 2.31. The summed E-state index contributed by atoms with van der Waals surface area (Å²) < 4.78 is 5.64. The van der Waals surface area contributed by atoms with Crippen LogP contribution >= 0.6 is 0 Å². The highest BCUT2D eigenvalue weighted by Gasteiger charge is 2.41. The SMILES string of the molecule is CCCC1(C(=O)NC(C)C2CCCO2)CCNC1. The average Bonchev–Trinajstić information content (AvgIpc) is 3.00. The van der Waals surface area contributed by atoms with Crippen molar-refractivity contribution in [1.29, 1.82) is 0 Å². The molecule has 2 heterocycles. The first kappa shape index (κ1) is 13.8. The lowest BCUT2D eigenvalue weighted by Gasteiger charge is -2.30. The maximum atomic E-state index is 12.5. The Kier molecular flexibility index (Phi) is 4.62. The molecule has 2 N–H and O–H groups in total. The van der Waals surface area contributed by atoms with Crippen LogP contribution in [-0.4, -0.2) is 37.7 Å². The van der Waals surface area contributed by atoms with Crippen molar-refractivity contribution < 1.29 is 9.53 Å². The lowest BCUT2D eigenvalue weighted by Crippen LogP contribution is -2.49. The molecule has 2 saturated heterocycles. The Bertz CT molecular complexity index is 282. The Morgan fingerprint density at radius 3 is 3.00 bits per heavy atom. The molecule has 1 amide bonds. The number of amides is 1. The smallest absolute Gasteiger partial charge is 0.227 e. The molecule has 2 fully saturated rings. The average molecular weight is 254 g/mol. The van der Waals surface area contributed by atoms with Gasteiger partial charge in [-0.1, -0.05) is 13.3 Å². The zero-order valence-electron chi connectivity index (χ0n) is 11.6. The van der Waals surface area contributed by atoms with Crippen LogP contribution in [0.25, 0.3) is 0 Å². The number of nitrogens with one attached hydrogen (secondary N) is 2. The van der Waals surface area contributed by atoms with E-state index in [9.17, 15) is 4.79 Å². The van der Waals surface area contributed by atoms with Gasteiger partial charge in [0, 0.05) is 13.2 Å². The second-order valence-corrected chi connectivity index (χ2v) is 5.77. The quantitative estimate of drug-likeness (QED) is 0.781. The van der Waals surface area contributed by atoms with Gasteiger partial charge in [-0.2, -0.15) is 0 Å². The maximum Gasteiger partial charge on any atom is 0.227 e. The van der Waals surface area contributed by atoms with E-state index in [1.807, 2.05) is 0 Å². The maximum absolute atomic E-state index is 12.5. The molecular formula is C14H26N2O2. The van der Waals surface area contributed by atoms with Crippen LogP contribution < -0.4 is 10.6 Å². The molecule has 2 rings (SSSR count).